The summed E-state index contributed by atoms with van der Waals surface area (Å²) in [6.45, 7) is 7.13. The zero-order valence-electron chi connectivity index (χ0n) is 8.00. The summed E-state index contributed by atoms with van der Waals surface area (Å²) < 4.78 is 5.58. The van der Waals surface area contributed by atoms with Gasteiger partial charge in [0.2, 0.25) is 0 Å². The van der Waals surface area contributed by atoms with Crippen LogP contribution >= 0.6 is 0 Å². The van der Waals surface area contributed by atoms with Gasteiger partial charge in [-0.05, 0) is 25.0 Å². The Morgan fingerprint density at radius 2 is 2.33 bits per heavy atom. The lowest BCUT2D eigenvalue weighted by Crippen LogP contribution is -2.31. The Bertz CT molecular complexity index is 194. The molecule has 2 heteroatoms. The van der Waals surface area contributed by atoms with Crippen LogP contribution in [0.2, 0.25) is 0 Å². The zero-order valence-corrected chi connectivity index (χ0v) is 8.00. The van der Waals surface area contributed by atoms with Gasteiger partial charge < -0.3 is 10.1 Å². The van der Waals surface area contributed by atoms with E-state index in [9.17, 15) is 0 Å². The van der Waals surface area contributed by atoms with E-state index >= 15 is 0 Å². The van der Waals surface area contributed by atoms with E-state index in [0.29, 0.717) is 5.92 Å². The van der Waals surface area contributed by atoms with Crippen LogP contribution in [0.4, 0.5) is 0 Å². The summed E-state index contributed by atoms with van der Waals surface area (Å²) in [5.41, 5.74) is 1.16. The van der Waals surface area contributed by atoms with E-state index in [-0.39, 0.29) is 6.23 Å². The maximum atomic E-state index is 5.58. The monoisotopic (exact) mass is 167 g/mol. The van der Waals surface area contributed by atoms with Crippen molar-refractivity contribution in [2.75, 3.05) is 6.61 Å². The van der Waals surface area contributed by atoms with Gasteiger partial charge in [0.05, 0.1) is 6.61 Å². The van der Waals surface area contributed by atoms with Crippen LogP contribution in [0.15, 0.2) is 23.9 Å². The predicted octanol–water partition coefficient (Wildman–Crippen LogP) is 2.05. The van der Waals surface area contributed by atoms with E-state index in [1.54, 1.807) is 0 Å². The van der Waals surface area contributed by atoms with Crippen molar-refractivity contribution in [2.45, 2.75) is 27.0 Å². The molecule has 0 bridgehead atoms. The quantitative estimate of drug-likeness (QED) is 0.694. The van der Waals surface area contributed by atoms with Crippen molar-refractivity contribution in [3.8, 4) is 0 Å². The number of hydrogen-bond acceptors (Lipinski definition) is 2. The van der Waals surface area contributed by atoms with E-state index in [0.717, 1.165) is 12.3 Å². The van der Waals surface area contributed by atoms with E-state index in [4.69, 9.17) is 4.74 Å². The van der Waals surface area contributed by atoms with E-state index in [1.165, 1.54) is 0 Å². The Hall–Kier alpha value is -0.760. The molecule has 0 aliphatic carbocycles. The smallest absolute Gasteiger partial charge is 0.147 e. The van der Waals surface area contributed by atoms with E-state index in [1.807, 2.05) is 25.2 Å². The summed E-state index contributed by atoms with van der Waals surface area (Å²) in [5.74, 6) is 0.589. The van der Waals surface area contributed by atoms with Gasteiger partial charge in [-0.2, -0.15) is 0 Å². The molecule has 0 fully saturated rings. The Morgan fingerprint density at radius 3 is 2.92 bits per heavy atom. The van der Waals surface area contributed by atoms with Crippen molar-refractivity contribution in [1.82, 2.24) is 5.32 Å². The summed E-state index contributed by atoms with van der Waals surface area (Å²) >= 11 is 0. The summed E-state index contributed by atoms with van der Waals surface area (Å²) in [4.78, 5) is 0. The Kier molecular flexibility index (Phi) is 3.35. The SMILES string of the molecule is CC1=CC=CC(OCC(C)C)N1. The van der Waals surface area contributed by atoms with Gasteiger partial charge in [0.25, 0.3) is 0 Å². The molecular weight excluding hydrogens is 150 g/mol. The molecule has 0 spiro atoms. The number of allylic oxidation sites excluding steroid dienone is 3. The second-order valence-electron chi connectivity index (χ2n) is 3.53. The first-order valence-corrected chi connectivity index (χ1v) is 4.41. The van der Waals surface area contributed by atoms with Gasteiger partial charge in [0, 0.05) is 5.70 Å². The van der Waals surface area contributed by atoms with Crippen molar-refractivity contribution in [2.24, 2.45) is 5.92 Å². The molecule has 1 atom stereocenters. The minimum absolute atomic E-state index is 0.0670. The van der Waals surface area contributed by atoms with E-state index < -0.39 is 0 Å². The van der Waals surface area contributed by atoms with Crippen molar-refractivity contribution >= 4 is 0 Å². The summed E-state index contributed by atoms with van der Waals surface area (Å²) in [7, 11) is 0. The van der Waals surface area contributed by atoms with Crippen molar-refractivity contribution in [1.29, 1.82) is 0 Å². The number of hydrogen-bond donors (Lipinski definition) is 1. The minimum Gasteiger partial charge on any atom is -0.360 e. The Morgan fingerprint density at radius 1 is 1.58 bits per heavy atom. The zero-order chi connectivity index (χ0) is 8.97. The minimum atomic E-state index is 0.0670. The van der Waals surface area contributed by atoms with Gasteiger partial charge in [0.15, 0.2) is 0 Å². The van der Waals surface area contributed by atoms with Gasteiger partial charge in [-0.3, -0.25) is 0 Å². The van der Waals surface area contributed by atoms with Crippen LogP contribution in [0.25, 0.3) is 0 Å². The number of ether oxygens (including phenoxy) is 1. The molecule has 0 saturated carbocycles. The molecule has 0 aromatic heterocycles. The van der Waals surface area contributed by atoms with Crippen LogP contribution in [0.3, 0.4) is 0 Å². The third kappa shape index (κ3) is 3.09. The summed E-state index contributed by atoms with van der Waals surface area (Å²) in [5, 5.41) is 3.22. The molecule has 0 saturated heterocycles. The molecule has 1 rings (SSSR count). The molecule has 2 nitrogen and oxygen atoms in total. The molecule has 0 aromatic carbocycles. The fraction of sp³-hybridized carbons (Fsp3) is 0.600. The highest BCUT2D eigenvalue weighted by Gasteiger charge is 2.07. The molecule has 0 radical (unpaired) electrons. The molecule has 1 heterocycles. The molecule has 1 aliphatic heterocycles. The fourth-order valence-corrected chi connectivity index (χ4v) is 1.01. The van der Waals surface area contributed by atoms with Crippen LogP contribution in [0.5, 0.6) is 0 Å². The Balaban J connectivity index is 2.27. The van der Waals surface area contributed by atoms with Gasteiger partial charge in [-0.25, -0.2) is 0 Å². The highest BCUT2D eigenvalue weighted by molar-refractivity contribution is 5.16. The third-order valence-corrected chi connectivity index (χ3v) is 1.61. The average molecular weight is 167 g/mol. The first-order chi connectivity index (χ1) is 5.68. The highest BCUT2D eigenvalue weighted by atomic mass is 16.5. The van der Waals surface area contributed by atoms with Crippen LogP contribution in [0, 0.1) is 5.92 Å². The maximum absolute atomic E-state index is 5.58. The molecule has 12 heavy (non-hydrogen) atoms. The molecule has 0 amide bonds. The molecule has 1 aliphatic rings. The molecular formula is C10H17NO. The third-order valence-electron chi connectivity index (χ3n) is 1.61. The second kappa shape index (κ2) is 4.31. The van der Waals surface area contributed by atoms with Crippen molar-refractivity contribution in [3.05, 3.63) is 23.9 Å². The van der Waals surface area contributed by atoms with Crippen LogP contribution < -0.4 is 5.32 Å². The lowest BCUT2D eigenvalue weighted by molar-refractivity contribution is 0.0500. The van der Waals surface area contributed by atoms with Crippen LogP contribution in [-0.2, 0) is 4.74 Å². The lowest BCUT2D eigenvalue weighted by Gasteiger charge is -2.20. The first kappa shape index (κ1) is 9.33. The topological polar surface area (TPSA) is 21.3 Å². The average Bonchev–Trinajstić information content (AvgIpc) is 2.01. The highest BCUT2D eigenvalue weighted by Crippen LogP contribution is 2.04. The number of nitrogens with one attached hydrogen (secondary N) is 1. The molecule has 68 valence electrons. The fourth-order valence-electron chi connectivity index (χ4n) is 1.01. The molecule has 1 unspecified atom stereocenters. The van der Waals surface area contributed by atoms with Crippen molar-refractivity contribution in [3.63, 3.8) is 0 Å². The van der Waals surface area contributed by atoms with Crippen LogP contribution in [-0.4, -0.2) is 12.8 Å². The van der Waals surface area contributed by atoms with Gasteiger partial charge in [-0.15, -0.1) is 0 Å². The molecule has 1 N–H and O–H groups in total. The summed E-state index contributed by atoms with van der Waals surface area (Å²) in [6, 6.07) is 0. The summed E-state index contributed by atoms with van der Waals surface area (Å²) in [6.07, 6.45) is 6.15. The van der Waals surface area contributed by atoms with Crippen LogP contribution in [0.1, 0.15) is 20.8 Å². The van der Waals surface area contributed by atoms with E-state index in [2.05, 4.69) is 19.2 Å². The standard InChI is InChI=1S/C10H17NO/c1-8(2)7-12-10-6-4-5-9(3)11-10/h4-6,8,10-11H,7H2,1-3H3. The lowest BCUT2D eigenvalue weighted by atomic mass is 10.2. The largest absolute Gasteiger partial charge is 0.360 e. The van der Waals surface area contributed by atoms with Gasteiger partial charge in [-0.1, -0.05) is 19.9 Å². The number of rotatable bonds is 3. The van der Waals surface area contributed by atoms with Crippen molar-refractivity contribution < 1.29 is 4.74 Å². The first-order valence-electron chi connectivity index (χ1n) is 4.41. The maximum Gasteiger partial charge on any atom is 0.147 e. The Labute approximate surface area is 74.3 Å². The van der Waals surface area contributed by atoms with Gasteiger partial charge in [0.1, 0.15) is 6.23 Å². The second-order valence-corrected chi connectivity index (χ2v) is 3.53. The number of dihydropyridines is 1. The molecule has 0 aromatic rings. The normalized spacial score (nSPS) is 22.3. The predicted molar refractivity (Wildman–Crippen MR) is 50.6 cm³/mol. The van der Waals surface area contributed by atoms with Gasteiger partial charge >= 0.3 is 0 Å².